The van der Waals surface area contributed by atoms with E-state index in [2.05, 4.69) is 38.0 Å². The molecule has 1 atom stereocenters. The van der Waals surface area contributed by atoms with Crippen LogP contribution in [0.5, 0.6) is 0 Å². The Morgan fingerprint density at radius 2 is 2.27 bits per heavy atom. The van der Waals surface area contributed by atoms with Gasteiger partial charge in [-0.1, -0.05) is 24.5 Å². The van der Waals surface area contributed by atoms with Gasteiger partial charge < -0.3 is 0 Å². The Morgan fingerprint density at radius 3 is 3.09 bits per heavy atom. The zero-order chi connectivity index (χ0) is 7.84. The predicted octanol–water partition coefficient (Wildman–Crippen LogP) is 0.764. The van der Waals surface area contributed by atoms with E-state index in [4.69, 9.17) is 0 Å². The van der Waals surface area contributed by atoms with Gasteiger partial charge in [0.25, 0.3) is 0 Å². The number of rotatable bonds is 0. The molecule has 0 saturated heterocycles. The highest BCUT2D eigenvalue weighted by molar-refractivity contribution is 6.32. The minimum absolute atomic E-state index is 0.505. The minimum atomic E-state index is 0.505. The van der Waals surface area contributed by atoms with Crippen molar-refractivity contribution < 1.29 is 0 Å². The van der Waals surface area contributed by atoms with E-state index >= 15 is 0 Å². The highest BCUT2D eigenvalue weighted by Gasteiger charge is 2.12. The van der Waals surface area contributed by atoms with E-state index < -0.39 is 0 Å². The third-order valence-electron chi connectivity index (χ3n) is 2.11. The van der Waals surface area contributed by atoms with Gasteiger partial charge in [0, 0.05) is 12.1 Å². The third-order valence-corrected chi connectivity index (χ3v) is 2.11. The molecule has 0 spiro atoms. The lowest BCUT2D eigenvalue weighted by Crippen LogP contribution is -2.02. The van der Waals surface area contributed by atoms with E-state index in [-0.39, 0.29) is 0 Å². The molecule has 1 aliphatic heterocycles. The number of nitrogens with zero attached hydrogens (tertiary/aromatic N) is 1. The second-order valence-electron chi connectivity index (χ2n) is 3.13. The molecule has 1 aromatic rings. The van der Waals surface area contributed by atoms with Crippen molar-refractivity contribution in [3.63, 3.8) is 0 Å². The first-order chi connectivity index (χ1) is 5.27. The Labute approximate surface area is 67.6 Å². The maximum absolute atomic E-state index is 4.30. The molecule has 2 rings (SSSR count). The molecule has 0 N–H and O–H groups in total. The molecule has 0 fully saturated rings. The minimum Gasteiger partial charge on any atom is -0.260 e. The Hall–Kier alpha value is -1.05. The molecular weight excluding hydrogens is 133 g/mol. The standard InChI is InChI=1S/C9H10BN/c1-6-5-11-9-3-2-7(10)4-8(6)9/h2-6H,10H2,1H3. The summed E-state index contributed by atoms with van der Waals surface area (Å²) < 4.78 is 0. The van der Waals surface area contributed by atoms with Crippen LogP contribution in [0.4, 0.5) is 5.69 Å². The van der Waals surface area contributed by atoms with Crippen molar-refractivity contribution in [1.29, 1.82) is 0 Å². The number of benzene rings is 1. The number of hydrogen-bond acceptors (Lipinski definition) is 1. The topological polar surface area (TPSA) is 12.4 Å². The van der Waals surface area contributed by atoms with Crippen LogP contribution in [0.15, 0.2) is 23.2 Å². The normalized spacial score (nSPS) is 20.3. The molecule has 0 amide bonds. The largest absolute Gasteiger partial charge is 0.260 e. The summed E-state index contributed by atoms with van der Waals surface area (Å²) in [6, 6.07) is 6.41. The molecule has 11 heavy (non-hydrogen) atoms. The fraction of sp³-hybridized carbons (Fsp3) is 0.222. The second kappa shape index (κ2) is 2.23. The summed E-state index contributed by atoms with van der Waals surface area (Å²) in [5.74, 6) is 0.505. The zero-order valence-electron chi connectivity index (χ0n) is 6.83. The van der Waals surface area contributed by atoms with Gasteiger partial charge in [-0.2, -0.15) is 0 Å². The molecule has 0 radical (unpaired) electrons. The fourth-order valence-corrected chi connectivity index (χ4v) is 1.43. The SMILES string of the molecule is Bc1ccc2c(c1)C(C)C=N2. The van der Waals surface area contributed by atoms with Crippen molar-refractivity contribution in [2.24, 2.45) is 4.99 Å². The highest BCUT2D eigenvalue weighted by Crippen LogP contribution is 2.29. The summed E-state index contributed by atoms with van der Waals surface area (Å²) >= 11 is 0. The molecule has 1 unspecified atom stereocenters. The highest BCUT2D eigenvalue weighted by atomic mass is 14.8. The number of hydrogen-bond donors (Lipinski definition) is 0. The molecule has 0 bridgehead atoms. The van der Waals surface area contributed by atoms with Crippen LogP contribution in [0.1, 0.15) is 18.4 Å². The van der Waals surface area contributed by atoms with E-state index in [0.29, 0.717) is 5.92 Å². The van der Waals surface area contributed by atoms with Gasteiger partial charge in [-0.3, -0.25) is 4.99 Å². The maximum Gasteiger partial charge on any atom is 0.139 e. The van der Waals surface area contributed by atoms with Crippen molar-refractivity contribution in [2.45, 2.75) is 12.8 Å². The predicted molar refractivity (Wildman–Crippen MR) is 51.2 cm³/mol. The van der Waals surface area contributed by atoms with Gasteiger partial charge in [-0.05, 0) is 11.6 Å². The number of fused-ring (bicyclic) bond motifs is 1. The summed E-state index contributed by atoms with van der Waals surface area (Å²) in [5, 5.41) is 0. The van der Waals surface area contributed by atoms with E-state index in [1.165, 1.54) is 11.0 Å². The van der Waals surface area contributed by atoms with E-state index in [0.717, 1.165) is 5.69 Å². The summed E-state index contributed by atoms with van der Waals surface area (Å²) in [6.45, 7) is 2.18. The van der Waals surface area contributed by atoms with Gasteiger partial charge in [-0.25, -0.2) is 0 Å². The summed E-state index contributed by atoms with van der Waals surface area (Å²) in [7, 11) is 2.12. The first-order valence-corrected chi connectivity index (χ1v) is 3.92. The molecule has 2 heteroatoms. The van der Waals surface area contributed by atoms with Crippen molar-refractivity contribution in [3.05, 3.63) is 23.8 Å². The van der Waals surface area contributed by atoms with Crippen molar-refractivity contribution in [1.82, 2.24) is 0 Å². The monoisotopic (exact) mass is 143 g/mol. The van der Waals surface area contributed by atoms with Crippen LogP contribution >= 0.6 is 0 Å². The molecule has 1 aliphatic rings. The van der Waals surface area contributed by atoms with Crippen LogP contribution in [0, 0.1) is 0 Å². The lowest BCUT2D eigenvalue weighted by molar-refractivity contribution is 1.08. The molecule has 1 nitrogen and oxygen atoms in total. The smallest absolute Gasteiger partial charge is 0.139 e. The van der Waals surface area contributed by atoms with Crippen molar-refractivity contribution in [2.75, 3.05) is 0 Å². The second-order valence-corrected chi connectivity index (χ2v) is 3.13. The van der Waals surface area contributed by atoms with Gasteiger partial charge >= 0.3 is 0 Å². The lowest BCUT2D eigenvalue weighted by Gasteiger charge is -2.02. The van der Waals surface area contributed by atoms with Crippen LogP contribution in [0.2, 0.25) is 0 Å². The average Bonchev–Trinajstić information content (AvgIpc) is 2.33. The van der Waals surface area contributed by atoms with Gasteiger partial charge in [0.15, 0.2) is 0 Å². The van der Waals surface area contributed by atoms with Crippen LogP contribution < -0.4 is 5.46 Å². The Bertz CT molecular complexity index is 317. The first kappa shape index (κ1) is 6.65. The lowest BCUT2D eigenvalue weighted by atomic mass is 9.91. The zero-order valence-corrected chi connectivity index (χ0v) is 6.83. The van der Waals surface area contributed by atoms with E-state index in [1.807, 2.05) is 6.21 Å². The Balaban J connectivity index is 2.58. The third kappa shape index (κ3) is 0.986. The summed E-state index contributed by atoms with van der Waals surface area (Å²) in [6.07, 6.45) is 2.00. The van der Waals surface area contributed by atoms with Crippen molar-refractivity contribution in [3.8, 4) is 0 Å². The van der Waals surface area contributed by atoms with Gasteiger partial charge in [-0.15, -0.1) is 0 Å². The maximum atomic E-state index is 4.30. The number of aliphatic imine (C=N–C) groups is 1. The van der Waals surface area contributed by atoms with Crippen LogP contribution in [0.3, 0.4) is 0 Å². The first-order valence-electron chi connectivity index (χ1n) is 3.92. The Kier molecular flexibility index (Phi) is 1.35. The van der Waals surface area contributed by atoms with Gasteiger partial charge in [0.2, 0.25) is 0 Å². The fourth-order valence-electron chi connectivity index (χ4n) is 1.43. The Morgan fingerprint density at radius 1 is 1.45 bits per heavy atom. The van der Waals surface area contributed by atoms with Crippen LogP contribution in [-0.2, 0) is 0 Å². The van der Waals surface area contributed by atoms with Crippen LogP contribution in [-0.4, -0.2) is 14.1 Å². The van der Waals surface area contributed by atoms with Gasteiger partial charge in [0.1, 0.15) is 7.85 Å². The van der Waals surface area contributed by atoms with Crippen molar-refractivity contribution >= 4 is 25.2 Å². The molecule has 1 heterocycles. The average molecular weight is 143 g/mol. The van der Waals surface area contributed by atoms with Crippen LogP contribution in [0.25, 0.3) is 0 Å². The van der Waals surface area contributed by atoms with E-state index in [9.17, 15) is 0 Å². The quantitative estimate of drug-likeness (QED) is 0.475. The molecule has 0 aliphatic carbocycles. The van der Waals surface area contributed by atoms with Gasteiger partial charge in [0.05, 0.1) is 5.69 Å². The summed E-state index contributed by atoms with van der Waals surface area (Å²) in [5.41, 5.74) is 3.83. The molecule has 0 saturated carbocycles. The summed E-state index contributed by atoms with van der Waals surface area (Å²) in [4.78, 5) is 4.30. The van der Waals surface area contributed by atoms with E-state index in [1.54, 1.807) is 0 Å². The molecule has 0 aromatic heterocycles. The molecular formula is C9H10BN. The molecule has 54 valence electrons. The molecule has 1 aromatic carbocycles.